The summed E-state index contributed by atoms with van der Waals surface area (Å²) in [7, 11) is 0. The van der Waals surface area contributed by atoms with E-state index in [1.165, 1.54) is 0 Å². The number of carbonyl (C=O) groups excluding carboxylic acids is 2. The van der Waals surface area contributed by atoms with Crippen molar-refractivity contribution in [2.45, 2.75) is 19.8 Å². The first-order valence-electron chi connectivity index (χ1n) is 12.0. The Labute approximate surface area is 199 Å². The molecular weight excluding hydrogens is 428 g/mol. The SMILES string of the molecule is Cc1cccc(-c2nn(-c3ccccc3)cc2C(=O)N2CCC(C(=O)N3CCOCC3)CC2)c1. The van der Waals surface area contributed by atoms with E-state index in [2.05, 4.69) is 6.07 Å². The van der Waals surface area contributed by atoms with Crippen molar-refractivity contribution in [3.63, 3.8) is 0 Å². The zero-order valence-electron chi connectivity index (χ0n) is 19.5. The van der Waals surface area contributed by atoms with Gasteiger partial charge in [0.2, 0.25) is 5.91 Å². The Bertz CT molecular complexity index is 1160. The van der Waals surface area contributed by atoms with Crippen LogP contribution in [0, 0.1) is 12.8 Å². The summed E-state index contributed by atoms with van der Waals surface area (Å²) >= 11 is 0. The molecule has 0 radical (unpaired) electrons. The van der Waals surface area contributed by atoms with E-state index in [0.717, 1.165) is 16.8 Å². The van der Waals surface area contributed by atoms with E-state index in [9.17, 15) is 9.59 Å². The van der Waals surface area contributed by atoms with Crippen molar-refractivity contribution in [3.8, 4) is 16.9 Å². The van der Waals surface area contributed by atoms with Gasteiger partial charge in [-0.1, -0.05) is 42.0 Å². The fourth-order valence-electron chi connectivity index (χ4n) is 4.79. The summed E-state index contributed by atoms with van der Waals surface area (Å²) in [5, 5.41) is 4.81. The van der Waals surface area contributed by atoms with Crippen LogP contribution in [0.2, 0.25) is 0 Å². The van der Waals surface area contributed by atoms with Crippen LogP contribution in [0.4, 0.5) is 0 Å². The van der Waals surface area contributed by atoms with Crippen molar-refractivity contribution in [2.75, 3.05) is 39.4 Å². The van der Waals surface area contributed by atoms with Gasteiger partial charge in [0.15, 0.2) is 0 Å². The lowest BCUT2D eigenvalue weighted by Gasteiger charge is -2.35. The first-order valence-corrected chi connectivity index (χ1v) is 12.0. The third-order valence-electron chi connectivity index (χ3n) is 6.71. The fourth-order valence-corrected chi connectivity index (χ4v) is 4.79. The molecule has 7 heteroatoms. The summed E-state index contributed by atoms with van der Waals surface area (Å²) in [5.74, 6) is 0.147. The van der Waals surface area contributed by atoms with Gasteiger partial charge in [-0.3, -0.25) is 9.59 Å². The number of rotatable bonds is 4. The Morgan fingerprint density at radius 2 is 1.65 bits per heavy atom. The van der Waals surface area contributed by atoms with Gasteiger partial charge >= 0.3 is 0 Å². The highest BCUT2D eigenvalue weighted by molar-refractivity contribution is 6.00. The number of carbonyl (C=O) groups is 2. The molecule has 2 aliphatic rings. The molecule has 0 N–H and O–H groups in total. The summed E-state index contributed by atoms with van der Waals surface area (Å²) < 4.78 is 7.15. The van der Waals surface area contributed by atoms with Crippen molar-refractivity contribution < 1.29 is 14.3 Å². The number of aryl methyl sites for hydroxylation is 1. The molecule has 176 valence electrons. The predicted octanol–water partition coefficient (Wildman–Crippen LogP) is 3.56. The van der Waals surface area contributed by atoms with E-state index in [-0.39, 0.29) is 17.7 Å². The molecule has 0 unspecified atom stereocenters. The van der Waals surface area contributed by atoms with E-state index >= 15 is 0 Å². The summed E-state index contributed by atoms with van der Waals surface area (Å²) in [6.07, 6.45) is 3.21. The highest BCUT2D eigenvalue weighted by atomic mass is 16.5. The van der Waals surface area contributed by atoms with Gasteiger partial charge in [0.05, 0.1) is 24.5 Å². The van der Waals surface area contributed by atoms with E-state index in [0.29, 0.717) is 63.5 Å². The molecule has 3 heterocycles. The highest BCUT2D eigenvalue weighted by Gasteiger charge is 2.32. The minimum absolute atomic E-state index is 0.0227. The number of aromatic nitrogens is 2. The van der Waals surface area contributed by atoms with Gasteiger partial charge in [-0.05, 0) is 38.0 Å². The van der Waals surface area contributed by atoms with Gasteiger partial charge in [0.1, 0.15) is 5.69 Å². The van der Waals surface area contributed by atoms with Crippen LogP contribution in [-0.4, -0.2) is 70.8 Å². The lowest BCUT2D eigenvalue weighted by Crippen LogP contribution is -2.47. The second-order valence-electron chi connectivity index (χ2n) is 9.05. The lowest BCUT2D eigenvalue weighted by atomic mass is 9.94. The number of hydrogen-bond acceptors (Lipinski definition) is 4. The number of para-hydroxylation sites is 1. The average molecular weight is 459 g/mol. The molecule has 3 aromatic rings. The molecule has 5 rings (SSSR count). The summed E-state index contributed by atoms with van der Waals surface area (Å²) in [4.78, 5) is 30.3. The lowest BCUT2D eigenvalue weighted by molar-refractivity contribution is -0.141. The number of morpholine rings is 1. The van der Waals surface area contributed by atoms with Crippen molar-refractivity contribution in [1.29, 1.82) is 0 Å². The normalized spacial score (nSPS) is 17.1. The largest absolute Gasteiger partial charge is 0.378 e. The van der Waals surface area contributed by atoms with Crippen LogP contribution in [-0.2, 0) is 9.53 Å². The Morgan fingerprint density at radius 3 is 2.35 bits per heavy atom. The first kappa shape index (κ1) is 22.3. The maximum absolute atomic E-state index is 13.7. The number of benzene rings is 2. The summed E-state index contributed by atoms with van der Waals surface area (Å²) in [6.45, 7) is 5.72. The molecular formula is C27H30N4O3. The molecule has 2 fully saturated rings. The van der Waals surface area contributed by atoms with E-state index < -0.39 is 0 Å². The third kappa shape index (κ3) is 4.61. The molecule has 7 nitrogen and oxygen atoms in total. The molecule has 0 saturated carbocycles. The van der Waals surface area contributed by atoms with Gasteiger partial charge in [0.25, 0.3) is 5.91 Å². The van der Waals surface area contributed by atoms with Gasteiger partial charge in [-0.2, -0.15) is 5.10 Å². The van der Waals surface area contributed by atoms with Crippen LogP contribution in [0.25, 0.3) is 16.9 Å². The Morgan fingerprint density at radius 1 is 0.912 bits per heavy atom. The molecule has 1 aromatic heterocycles. The molecule has 2 amide bonds. The van der Waals surface area contributed by atoms with Crippen LogP contribution < -0.4 is 0 Å². The molecule has 2 saturated heterocycles. The molecule has 0 spiro atoms. The molecule has 0 atom stereocenters. The van der Waals surface area contributed by atoms with Crippen molar-refractivity contribution in [1.82, 2.24) is 19.6 Å². The molecule has 0 aliphatic carbocycles. The van der Waals surface area contributed by atoms with Crippen LogP contribution in [0.3, 0.4) is 0 Å². The molecule has 34 heavy (non-hydrogen) atoms. The van der Waals surface area contributed by atoms with E-state index in [1.54, 1.807) is 4.68 Å². The van der Waals surface area contributed by atoms with Crippen LogP contribution in [0.1, 0.15) is 28.8 Å². The molecule has 2 aliphatic heterocycles. The van der Waals surface area contributed by atoms with E-state index in [4.69, 9.17) is 9.84 Å². The van der Waals surface area contributed by atoms with Crippen molar-refractivity contribution in [3.05, 3.63) is 71.9 Å². The minimum Gasteiger partial charge on any atom is -0.378 e. The Hall–Kier alpha value is -3.45. The Balaban J connectivity index is 1.37. The number of ether oxygens (including phenoxy) is 1. The zero-order chi connectivity index (χ0) is 23.5. The number of hydrogen-bond donors (Lipinski definition) is 0. The first-order chi connectivity index (χ1) is 16.6. The Kier molecular flexibility index (Phi) is 6.45. The summed E-state index contributed by atoms with van der Waals surface area (Å²) in [6, 6.07) is 17.9. The van der Waals surface area contributed by atoms with Crippen molar-refractivity contribution >= 4 is 11.8 Å². The quantitative estimate of drug-likeness (QED) is 0.600. The van der Waals surface area contributed by atoms with Crippen LogP contribution in [0.5, 0.6) is 0 Å². The number of likely N-dealkylation sites (tertiary alicyclic amines) is 1. The van der Waals surface area contributed by atoms with Gasteiger partial charge in [0, 0.05) is 43.9 Å². The topological polar surface area (TPSA) is 67.7 Å². The van der Waals surface area contributed by atoms with Crippen molar-refractivity contribution in [2.24, 2.45) is 5.92 Å². The smallest absolute Gasteiger partial charge is 0.257 e. The second-order valence-corrected chi connectivity index (χ2v) is 9.05. The van der Waals surface area contributed by atoms with Gasteiger partial charge < -0.3 is 14.5 Å². The number of nitrogens with zero attached hydrogens (tertiary/aromatic N) is 4. The zero-order valence-corrected chi connectivity index (χ0v) is 19.5. The maximum atomic E-state index is 13.7. The standard InChI is InChI=1S/C27H30N4O3/c1-20-6-5-7-22(18-20)25-24(19-31(28-25)23-8-3-2-4-9-23)27(33)29-12-10-21(11-13-29)26(32)30-14-16-34-17-15-30/h2-9,18-19,21H,10-17H2,1H3. The maximum Gasteiger partial charge on any atom is 0.257 e. The monoisotopic (exact) mass is 458 g/mol. The average Bonchev–Trinajstić information content (AvgIpc) is 3.35. The minimum atomic E-state index is -0.0315. The third-order valence-corrected chi connectivity index (χ3v) is 6.71. The number of amides is 2. The van der Waals surface area contributed by atoms with Gasteiger partial charge in [-0.15, -0.1) is 0 Å². The highest BCUT2D eigenvalue weighted by Crippen LogP contribution is 2.28. The summed E-state index contributed by atoms with van der Waals surface area (Å²) in [5.41, 5.74) is 4.23. The second kappa shape index (κ2) is 9.81. The fraction of sp³-hybridized carbons (Fsp3) is 0.370. The van der Waals surface area contributed by atoms with Gasteiger partial charge in [-0.25, -0.2) is 4.68 Å². The van der Waals surface area contributed by atoms with Crippen LogP contribution in [0.15, 0.2) is 60.8 Å². The molecule has 2 aromatic carbocycles. The number of piperidine rings is 1. The molecule has 0 bridgehead atoms. The van der Waals surface area contributed by atoms with E-state index in [1.807, 2.05) is 71.5 Å². The predicted molar refractivity (Wildman–Crippen MR) is 130 cm³/mol. The van der Waals surface area contributed by atoms with Crippen LogP contribution >= 0.6 is 0 Å².